The van der Waals surface area contributed by atoms with E-state index in [0.29, 0.717) is 0 Å². The van der Waals surface area contributed by atoms with E-state index in [9.17, 15) is 5.11 Å². The number of aryl methyl sites for hydroxylation is 2. The average Bonchev–Trinajstić information content (AvgIpc) is 3.06. The van der Waals surface area contributed by atoms with Crippen LogP contribution < -0.4 is 5.32 Å². The molecule has 24 heavy (non-hydrogen) atoms. The SMILES string of the molecule is Cc1ncc(C=CC(O)CCCCc2ccc3c(n2)NCC3)cn1. The molecule has 1 aliphatic heterocycles. The molecule has 5 heteroatoms. The van der Waals surface area contributed by atoms with Crippen molar-refractivity contribution < 1.29 is 5.11 Å². The first-order chi connectivity index (χ1) is 11.7. The second-order valence-electron chi connectivity index (χ2n) is 6.22. The van der Waals surface area contributed by atoms with Crippen molar-refractivity contribution >= 4 is 11.9 Å². The molecule has 3 rings (SSSR count). The Kier molecular flexibility index (Phi) is 5.54. The van der Waals surface area contributed by atoms with Gasteiger partial charge in [-0.15, -0.1) is 0 Å². The minimum absolute atomic E-state index is 0.430. The van der Waals surface area contributed by atoms with Gasteiger partial charge >= 0.3 is 0 Å². The fourth-order valence-electron chi connectivity index (χ4n) is 2.80. The highest BCUT2D eigenvalue weighted by Crippen LogP contribution is 2.20. The lowest BCUT2D eigenvalue weighted by Crippen LogP contribution is -2.02. The highest BCUT2D eigenvalue weighted by Gasteiger charge is 2.11. The Morgan fingerprint density at radius 2 is 2.08 bits per heavy atom. The summed E-state index contributed by atoms with van der Waals surface area (Å²) in [7, 11) is 0. The van der Waals surface area contributed by atoms with Gasteiger partial charge in [-0.3, -0.25) is 0 Å². The zero-order valence-corrected chi connectivity index (χ0v) is 14.1. The summed E-state index contributed by atoms with van der Waals surface area (Å²) in [6, 6.07) is 4.30. The first-order valence-corrected chi connectivity index (χ1v) is 8.58. The predicted molar refractivity (Wildman–Crippen MR) is 95.8 cm³/mol. The number of anilines is 1. The van der Waals surface area contributed by atoms with E-state index < -0.39 is 6.10 Å². The molecule has 126 valence electrons. The van der Waals surface area contributed by atoms with Gasteiger partial charge in [0.1, 0.15) is 11.6 Å². The zero-order valence-electron chi connectivity index (χ0n) is 14.1. The van der Waals surface area contributed by atoms with E-state index in [4.69, 9.17) is 0 Å². The minimum Gasteiger partial charge on any atom is -0.389 e. The van der Waals surface area contributed by atoms with Crippen molar-refractivity contribution in [2.75, 3.05) is 11.9 Å². The molecule has 3 heterocycles. The summed E-state index contributed by atoms with van der Waals surface area (Å²) < 4.78 is 0. The van der Waals surface area contributed by atoms with Gasteiger partial charge in [-0.2, -0.15) is 0 Å². The molecule has 0 saturated carbocycles. The lowest BCUT2D eigenvalue weighted by atomic mass is 10.1. The number of fused-ring (bicyclic) bond motifs is 1. The predicted octanol–water partition coefficient (Wildman–Crippen LogP) is 2.94. The number of pyridine rings is 1. The summed E-state index contributed by atoms with van der Waals surface area (Å²) in [6.07, 6.45) is 11.6. The van der Waals surface area contributed by atoms with E-state index in [0.717, 1.165) is 61.5 Å². The number of rotatable bonds is 7. The summed E-state index contributed by atoms with van der Waals surface area (Å²) >= 11 is 0. The number of hydrogen-bond donors (Lipinski definition) is 2. The number of unbranched alkanes of at least 4 members (excludes halogenated alkanes) is 1. The summed E-state index contributed by atoms with van der Waals surface area (Å²) in [5.74, 6) is 1.80. The summed E-state index contributed by atoms with van der Waals surface area (Å²) in [6.45, 7) is 2.85. The Labute approximate surface area is 142 Å². The van der Waals surface area contributed by atoms with Crippen molar-refractivity contribution in [2.24, 2.45) is 0 Å². The molecule has 1 unspecified atom stereocenters. The van der Waals surface area contributed by atoms with Crippen LogP contribution in [0.15, 0.2) is 30.6 Å². The van der Waals surface area contributed by atoms with Gasteiger partial charge in [0, 0.05) is 30.2 Å². The van der Waals surface area contributed by atoms with Crippen molar-refractivity contribution in [2.45, 2.75) is 45.1 Å². The lowest BCUT2D eigenvalue weighted by Gasteiger charge is -2.06. The molecule has 5 nitrogen and oxygen atoms in total. The van der Waals surface area contributed by atoms with Crippen LogP contribution in [0.5, 0.6) is 0 Å². The van der Waals surface area contributed by atoms with Crippen molar-refractivity contribution in [3.05, 3.63) is 53.2 Å². The number of aromatic nitrogens is 3. The van der Waals surface area contributed by atoms with Crippen molar-refractivity contribution in [1.82, 2.24) is 15.0 Å². The topological polar surface area (TPSA) is 70.9 Å². The van der Waals surface area contributed by atoms with E-state index in [1.165, 1.54) is 5.56 Å². The van der Waals surface area contributed by atoms with Gasteiger partial charge < -0.3 is 10.4 Å². The minimum atomic E-state index is -0.430. The molecule has 1 atom stereocenters. The normalized spacial score (nSPS) is 14.6. The Morgan fingerprint density at radius 3 is 2.92 bits per heavy atom. The molecule has 0 spiro atoms. The number of aliphatic hydroxyl groups excluding tert-OH is 1. The summed E-state index contributed by atoms with van der Waals surface area (Å²) in [5, 5.41) is 13.4. The lowest BCUT2D eigenvalue weighted by molar-refractivity contribution is 0.209. The summed E-state index contributed by atoms with van der Waals surface area (Å²) in [5.41, 5.74) is 3.36. The van der Waals surface area contributed by atoms with E-state index in [2.05, 4.69) is 32.4 Å². The number of aliphatic hydroxyl groups is 1. The molecule has 0 bridgehead atoms. The Balaban J connectivity index is 1.39. The molecule has 2 aromatic rings. The van der Waals surface area contributed by atoms with Crippen LogP contribution in [0.2, 0.25) is 0 Å². The molecule has 0 aliphatic carbocycles. The molecule has 0 amide bonds. The standard InChI is InChI=1S/C19H24N4O/c1-14-21-12-15(13-22-14)6-9-18(24)5-3-2-4-17-8-7-16-10-11-20-19(16)23-17/h6-9,12-13,18,24H,2-5,10-11H2,1H3,(H,20,23). The van der Waals surface area contributed by atoms with Crippen LogP contribution in [-0.4, -0.2) is 32.7 Å². The zero-order chi connectivity index (χ0) is 16.8. The first-order valence-electron chi connectivity index (χ1n) is 8.58. The second kappa shape index (κ2) is 8.02. The van der Waals surface area contributed by atoms with E-state index >= 15 is 0 Å². The Morgan fingerprint density at radius 1 is 1.25 bits per heavy atom. The van der Waals surface area contributed by atoms with Gasteiger partial charge in [-0.05, 0) is 44.2 Å². The molecule has 0 saturated heterocycles. The average molecular weight is 324 g/mol. The van der Waals surface area contributed by atoms with Gasteiger partial charge in [-0.25, -0.2) is 15.0 Å². The van der Waals surface area contributed by atoms with Gasteiger partial charge in [-0.1, -0.05) is 24.6 Å². The quantitative estimate of drug-likeness (QED) is 0.766. The fraction of sp³-hybridized carbons (Fsp3) is 0.421. The van der Waals surface area contributed by atoms with Crippen LogP contribution in [0.4, 0.5) is 5.82 Å². The number of hydrogen-bond acceptors (Lipinski definition) is 5. The van der Waals surface area contributed by atoms with Crippen molar-refractivity contribution in [1.29, 1.82) is 0 Å². The second-order valence-corrected chi connectivity index (χ2v) is 6.22. The maximum atomic E-state index is 10.0. The van der Waals surface area contributed by atoms with Crippen molar-refractivity contribution in [3.8, 4) is 0 Å². The van der Waals surface area contributed by atoms with Crippen LogP contribution in [-0.2, 0) is 12.8 Å². The van der Waals surface area contributed by atoms with Crippen LogP contribution in [0.1, 0.15) is 41.9 Å². The van der Waals surface area contributed by atoms with Gasteiger partial charge in [0.2, 0.25) is 0 Å². The molecule has 0 fully saturated rings. The molecule has 2 aromatic heterocycles. The van der Waals surface area contributed by atoms with Crippen LogP contribution >= 0.6 is 0 Å². The molecule has 1 aliphatic rings. The van der Waals surface area contributed by atoms with E-state index in [-0.39, 0.29) is 0 Å². The molecule has 0 aromatic carbocycles. The van der Waals surface area contributed by atoms with Crippen LogP contribution in [0, 0.1) is 6.92 Å². The van der Waals surface area contributed by atoms with Crippen molar-refractivity contribution in [3.63, 3.8) is 0 Å². The fourth-order valence-corrected chi connectivity index (χ4v) is 2.80. The third kappa shape index (κ3) is 4.61. The van der Waals surface area contributed by atoms with Gasteiger partial charge in [0.05, 0.1) is 6.10 Å². The van der Waals surface area contributed by atoms with Gasteiger partial charge in [0.25, 0.3) is 0 Å². The smallest absolute Gasteiger partial charge is 0.129 e. The molecular weight excluding hydrogens is 300 g/mol. The number of nitrogens with one attached hydrogen (secondary N) is 1. The molecular formula is C19H24N4O. The third-order valence-corrected chi connectivity index (χ3v) is 4.22. The molecule has 0 radical (unpaired) electrons. The largest absolute Gasteiger partial charge is 0.389 e. The first kappa shape index (κ1) is 16.6. The Bertz CT molecular complexity index is 697. The van der Waals surface area contributed by atoms with Crippen LogP contribution in [0.25, 0.3) is 6.08 Å². The number of nitrogens with zero attached hydrogens (tertiary/aromatic N) is 3. The van der Waals surface area contributed by atoms with Crippen LogP contribution in [0.3, 0.4) is 0 Å². The maximum absolute atomic E-state index is 10.0. The van der Waals surface area contributed by atoms with E-state index in [1.807, 2.05) is 19.1 Å². The molecule has 2 N–H and O–H groups in total. The highest BCUT2D eigenvalue weighted by molar-refractivity contribution is 5.49. The van der Waals surface area contributed by atoms with Gasteiger partial charge in [0.15, 0.2) is 0 Å². The Hall–Kier alpha value is -2.27. The monoisotopic (exact) mass is 324 g/mol. The van der Waals surface area contributed by atoms with E-state index in [1.54, 1.807) is 12.4 Å². The highest BCUT2D eigenvalue weighted by atomic mass is 16.3. The maximum Gasteiger partial charge on any atom is 0.129 e. The third-order valence-electron chi connectivity index (χ3n) is 4.22. The summed E-state index contributed by atoms with van der Waals surface area (Å²) in [4.78, 5) is 12.9.